The molecular weight excluding hydrogens is 244 g/mol. The van der Waals surface area contributed by atoms with Gasteiger partial charge in [0.1, 0.15) is 0 Å². The first-order valence-electron chi connectivity index (χ1n) is 8.02. The summed E-state index contributed by atoms with van der Waals surface area (Å²) in [5, 5.41) is 5.14. The molecule has 2 atom stereocenters. The quantitative estimate of drug-likeness (QED) is 0.884. The largest absolute Gasteiger partial charge is 0.346 e. The maximum Gasteiger partial charge on any atom is 0.0483 e. The highest BCUT2D eigenvalue weighted by Gasteiger charge is 2.17. The summed E-state index contributed by atoms with van der Waals surface area (Å²) in [6.07, 6.45) is 7.81. The van der Waals surface area contributed by atoms with Gasteiger partial charge in [-0.25, -0.2) is 0 Å². The molecule has 0 spiro atoms. The topological polar surface area (TPSA) is 17.0 Å². The van der Waals surface area contributed by atoms with Crippen molar-refractivity contribution in [3.8, 4) is 0 Å². The minimum atomic E-state index is 0.738. The highest BCUT2D eigenvalue weighted by atomic mass is 15.0. The summed E-state index contributed by atoms with van der Waals surface area (Å²) in [7, 11) is 0. The van der Waals surface area contributed by atoms with E-state index in [1.165, 1.54) is 42.1 Å². The maximum absolute atomic E-state index is 3.75. The molecule has 2 aromatic rings. The zero-order valence-electron chi connectivity index (χ0n) is 12.7. The molecule has 0 bridgehead atoms. The van der Waals surface area contributed by atoms with Crippen LogP contribution in [-0.4, -0.2) is 17.2 Å². The average molecular weight is 270 g/mol. The SMILES string of the molecule is Cc1cn(CCNC2CCCC(C)C2)c2ccccc12. The molecule has 3 rings (SSSR count). The number of para-hydroxylation sites is 1. The van der Waals surface area contributed by atoms with Gasteiger partial charge in [-0.15, -0.1) is 0 Å². The molecule has 1 heterocycles. The number of nitrogens with one attached hydrogen (secondary N) is 1. The minimum Gasteiger partial charge on any atom is -0.346 e. The van der Waals surface area contributed by atoms with Crippen LogP contribution in [0.25, 0.3) is 10.9 Å². The standard InChI is InChI=1S/C18H26N2/c1-14-6-5-7-16(12-14)19-10-11-20-13-15(2)17-8-3-4-9-18(17)20/h3-4,8-9,13-14,16,19H,5-7,10-12H2,1-2H3. The van der Waals surface area contributed by atoms with Gasteiger partial charge in [-0.05, 0) is 37.3 Å². The Morgan fingerprint density at radius 3 is 2.95 bits per heavy atom. The predicted octanol–water partition coefficient (Wildman–Crippen LogP) is 4.12. The van der Waals surface area contributed by atoms with Crippen molar-refractivity contribution in [2.75, 3.05) is 6.54 Å². The normalized spacial score (nSPS) is 23.3. The smallest absolute Gasteiger partial charge is 0.0483 e. The molecule has 0 saturated heterocycles. The monoisotopic (exact) mass is 270 g/mol. The Morgan fingerprint density at radius 2 is 2.10 bits per heavy atom. The van der Waals surface area contributed by atoms with Crippen LogP contribution >= 0.6 is 0 Å². The first-order chi connectivity index (χ1) is 9.74. The lowest BCUT2D eigenvalue weighted by molar-refractivity contribution is 0.299. The second kappa shape index (κ2) is 6.01. The second-order valence-corrected chi connectivity index (χ2v) is 6.45. The summed E-state index contributed by atoms with van der Waals surface area (Å²) in [5.41, 5.74) is 2.75. The Kier molecular flexibility index (Phi) is 4.11. The third kappa shape index (κ3) is 2.90. The molecule has 1 aliphatic rings. The van der Waals surface area contributed by atoms with Gasteiger partial charge in [0.2, 0.25) is 0 Å². The van der Waals surface area contributed by atoms with E-state index < -0.39 is 0 Å². The predicted molar refractivity (Wildman–Crippen MR) is 86.1 cm³/mol. The summed E-state index contributed by atoms with van der Waals surface area (Å²) in [6.45, 7) is 6.74. The third-order valence-corrected chi connectivity index (χ3v) is 4.71. The highest BCUT2D eigenvalue weighted by Crippen LogP contribution is 2.23. The molecule has 1 saturated carbocycles. The Labute approximate surface area is 122 Å². The fourth-order valence-electron chi connectivity index (χ4n) is 3.62. The van der Waals surface area contributed by atoms with Crippen LogP contribution in [0, 0.1) is 12.8 Å². The fraction of sp³-hybridized carbons (Fsp3) is 0.556. The van der Waals surface area contributed by atoms with Crippen LogP contribution in [0.1, 0.15) is 38.2 Å². The van der Waals surface area contributed by atoms with E-state index in [-0.39, 0.29) is 0 Å². The lowest BCUT2D eigenvalue weighted by Crippen LogP contribution is -2.35. The van der Waals surface area contributed by atoms with Crippen molar-refractivity contribution in [3.05, 3.63) is 36.0 Å². The zero-order chi connectivity index (χ0) is 13.9. The molecule has 108 valence electrons. The van der Waals surface area contributed by atoms with Crippen LogP contribution in [0.3, 0.4) is 0 Å². The molecule has 2 unspecified atom stereocenters. The Bertz CT molecular complexity index is 570. The number of aryl methyl sites for hydroxylation is 1. The van der Waals surface area contributed by atoms with E-state index in [4.69, 9.17) is 0 Å². The van der Waals surface area contributed by atoms with E-state index in [0.29, 0.717) is 0 Å². The van der Waals surface area contributed by atoms with E-state index in [9.17, 15) is 0 Å². The van der Waals surface area contributed by atoms with Crippen LogP contribution in [0.2, 0.25) is 0 Å². The molecule has 0 amide bonds. The van der Waals surface area contributed by atoms with Gasteiger partial charge >= 0.3 is 0 Å². The lowest BCUT2D eigenvalue weighted by atomic mass is 9.87. The van der Waals surface area contributed by atoms with E-state index >= 15 is 0 Å². The Hall–Kier alpha value is -1.28. The summed E-state index contributed by atoms with van der Waals surface area (Å²) in [4.78, 5) is 0. The van der Waals surface area contributed by atoms with Crippen LogP contribution in [0.4, 0.5) is 0 Å². The van der Waals surface area contributed by atoms with Crippen molar-refractivity contribution >= 4 is 10.9 Å². The molecular formula is C18H26N2. The van der Waals surface area contributed by atoms with Gasteiger partial charge in [0.15, 0.2) is 0 Å². The van der Waals surface area contributed by atoms with Crippen LogP contribution in [-0.2, 0) is 6.54 Å². The molecule has 0 radical (unpaired) electrons. The van der Waals surface area contributed by atoms with E-state index in [2.05, 4.69) is 54.2 Å². The van der Waals surface area contributed by atoms with E-state index in [1.54, 1.807) is 0 Å². The average Bonchev–Trinajstić information content (AvgIpc) is 2.77. The van der Waals surface area contributed by atoms with Crippen LogP contribution in [0.15, 0.2) is 30.5 Å². The van der Waals surface area contributed by atoms with E-state index in [1.807, 2.05) is 0 Å². The number of fused-ring (bicyclic) bond motifs is 1. The van der Waals surface area contributed by atoms with Gasteiger partial charge in [-0.1, -0.05) is 38.0 Å². The number of aromatic nitrogens is 1. The van der Waals surface area contributed by atoms with E-state index in [0.717, 1.165) is 25.0 Å². The molecule has 2 nitrogen and oxygen atoms in total. The summed E-state index contributed by atoms with van der Waals surface area (Å²) in [6, 6.07) is 9.44. The first kappa shape index (κ1) is 13.7. The van der Waals surface area contributed by atoms with Gasteiger partial charge in [0.25, 0.3) is 0 Å². The second-order valence-electron chi connectivity index (χ2n) is 6.45. The zero-order valence-corrected chi connectivity index (χ0v) is 12.7. The number of hydrogen-bond acceptors (Lipinski definition) is 1. The molecule has 2 heteroatoms. The van der Waals surface area contributed by atoms with Crippen molar-refractivity contribution < 1.29 is 0 Å². The third-order valence-electron chi connectivity index (χ3n) is 4.71. The summed E-state index contributed by atoms with van der Waals surface area (Å²) < 4.78 is 2.39. The molecule has 1 N–H and O–H groups in total. The number of nitrogens with zero attached hydrogens (tertiary/aromatic N) is 1. The molecule has 1 aromatic heterocycles. The minimum absolute atomic E-state index is 0.738. The summed E-state index contributed by atoms with van der Waals surface area (Å²) >= 11 is 0. The molecule has 0 aliphatic heterocycles. The van der Waals surface area contributed by atoms with Gasteiger partial charge in [0, 0.05) is 36.2 Å². The van der Waals surface area contributed by atoms with Gasteiger partial charge in [0.05, 0.1) is 0 Å². The Balaban J connectivity index is 1.60. The van der Waals surface area contributed by atoms with Crippen LogP contribution in [0.5, 0.6) is 0 Å². The van der Waals surface area contributed by atoms with Crippen molar-refractivity contribution in [2.45, 2.75) is 52.1 Å². The molecule has 20 heavy (non-hydrogen) atoms. The number of benzene rings is 1. The summed E-state index contributed by atoms with van der Waals surface area (Å²) in [5.74, 6) is 0.899. The molecule has 1 aliphatic carbocycles. The van der Waals surface area contributed by atoms with Crippen molar-refractivity contribution in [1.29, 1.82) is 0 Å². The number of hydrogen-bond donors (Lipinski definition) is 1. The van der Waals surface area contributed by atoms with Crippen LogP contribution < -0.4 is 5.32 Å². The van der Waals surface area contributed by atoms with Gasteiger partial charge in [-0.2, -0.15) is 0 Å². The fourth-order valence-corrected chi connectivity index (χ4v) is 3.62. The number of rotatable bonds is 4. The molecule has 1 fully saturated rings. The van der Waals surface area contributed by atoms with Gasteiger partial charge in [-0.3, -0.25) is 0 Å². The highest BCUT2D eigenvalue weighted by molar-refractivity contribution is 5.83. The Morgan fingerprint density at radius 1 is 1.25 bits per heavy atom. The first-order valence-corrected chi connectivity index (χ1v) is 8.02. The maximum atomic E-state index is 3.75. The van der Waals surface area contributed by atoms with Crippen molar-refractivity contribution in [3.63, 3.8) is 0 Å². The van der Waals surface area contributed by atoms with Crippen molar-refractivity contribution in [1.82, 2.24) is 9.88 Å². The lowest BCUT2D eigenvalue weighted by Gasteiger charge is -2.27. The molecule has 1 aromatic carbocycles. The van der Waals surface area contributed by atoms with Crippen molar-refractivity contribution in [2.24, 2.45) is 5.92 Å². The van der Waals surface area contributed by atoms with Gasteiger partial charge < -0.3 is 9.88 Å².